The molecule has 0 spiro atoms. The number of amides is 2. The predicted molar refractivity (Wildman–Crippen MR) is 125 cm³/mol. The van der Waals surface area contributed by atoms with Crippen LogP contribution in [0.2, 0.25) is 0 Å². The van der Waals surface area contributed by atoms with Gasteiger partial charge in [-0.05, 0) is 18.1 Å². The maximum absolute atomic E-state index is 13.5. The van der Waals surface area contributed by atoms with Crippen LogP contribution in [-0.4, -0.2) is 47.0 Å². The number of carbonyl (C=O) groups is 2. The zero-order valence-corrected chi connectivity index (χ0v) is 18.8. The summed E-state index contributed by atoms with van der Waals surface area (Å²) in [6.45, 7) is 0.390. The topological polar surface area (TPSA) is 74.8 Å². The third-order valence-corrected chi connectivity index (χ3v) is 8.86. The molecule has 5 rings (SSSR count). The Morgan fingerprint density at radius 3 is 2.42 bits per heavy atom. The number of thioether (sulfide) groups is 1. The summed E-state index contributed by atoms with van der Waals surface area (Å²) in [5.74, 6) is -0.665. The molecule has 3 aliphatic heterocycles. The lowest BCUT2D eigenvalue weighted by molar-refractivity contribution is -0.123. The second kappa shape index (κ2) is 7.58. The molecule has 158 valence electrons. The lowest BCUT2D eigenvalue weighted by Crippen LogP contribution is -2.39. The van der Waals surface area contributed by atoms with E-state index in [9.17, 15) is 18.0 Å². The van der Waals surface area contributed by atoms with Gasteiger partial charge in [0.1, 0.15) is 4.32 Å². The average molecular weight is 471 g/mol. The molecular formula is C22H18N2O4S3. The minimum absolute atomic E-state index is 0.0489. The van der Waals surface area contributed by atoms with Crippen molar-refractivity contribution in [3.8, 4) is 0 Å². The summed E-state index contributed by atoms with van der Waals surface area (Å²) in [6, 6.07) is 16.6. The van der Waals surface area contributed by atoms with Crippen molar-refractivity contribution in [2.24, 2.45) is 0 Å². The number of hydrogen-bond donors (Lipinski definition) is 0. The Kier molecular flexibility index (Phi) is 4.99. The van der Waals surface area contributed by atoms with Crippen LogP contribution >= 0.6 is 24.0 Å². The summed E-state index contributed by atoms with van der Waals surface area (Å²) in [7, 11) is -3.17. The zero-order chi connectivity index (χ0) is 21.8. The molecule has 2 saturated heterocycles. The van der Waals surface area contributed by atoms with Crippen LogP contribution in [0.15, 0.2) is 59.5 Å². The second-order valence-electron chi connectivity index (χ2n) is 7.70. The van der Waals surface area contributed by atoms with Crippen LogP contribution in [0.3, 0.4) is 0 Å². The van der Waals surface area contributed by atoms with Gasteiger partial charge in [-0.3, -0.25) is 14.5 Å². The number of sulfone groups is 1. The van der Waals surface area contributed by atoms with Crippen LogP contribution in [0.25, 0.3) is 5.57 Å². The Morgan fingerprint density at radius 1 is 1.00 bits per heavy atom. The summed E-state index contributed by atoms with van der Waals surface area (Å²) in [6.07, 6.45) is 0.363. The van der Waals surface area contributed by atoms with Crippen molar-refractivity contribution < 1.29 is 18.0 Å². The van der Waals surface area contributed by atoms with Gasteiger partial charge in [0.15, 0.2) is 9.84 Å². The van der Waals surface area contributed by atoms with Crippen LogP contribution in [-0.2, 0) is 26.0 Å². The molecule has 6 nitrogen and oxygen atoms in total. The summed E-state index contributed by atoms with van der Waals surface area (Å²) >= 11 is 6.51. The first-order valence-corrected chi connectivity index (χ1v) is 12.9. The highest BCUT2D eigenvalue weighted by Crippen LogP contribution is 2.46. The molecule has 0 aromatic heterocycles. The van der Waals surface area contributed by atoms with Crippen molar-refractivity contribution in [3.63, 3.8) is 0 Å². The minimum atomic E-state index is -3.17. The first-order chi connectivity index (χ1) is 14.9. The average Bonchev–Trinajstić information content (AvgIpc) is 3.34. The van der Waals surface area contributed by atoms with Crippen molar-refractivity contribution in [2.45, 2.75) is 19.0 Å². The van der Waals surface area contributed by atoms with E-state index in [1.807, 2.05) is 54.6 Å². The summed E-state index contributed by atoms with van der Waals surface area (Å²) < 4.78 is 24.1. The number of hydrogen-bond acceptors (Lipinski definition) is 6. The fraction of sp³-hybridized carbons (Fsp3) is 0.227. The number of para-hydroxylation sites is 1. The second-order valence-corrected chi connectivity index (χ2v) is 11.6. The molecular weight excluding hydrogens is 452 g/mol. The molecule has 31 heavy (non-hydrogen) atoms. The third kappa shape index (κ3) is 3.50. The number of anilines is 1. The van der Waals surface area contributed by atoms with Gasteiger partial charge in [0.05, 0.1) is 40.3 Å². The van der Waals surface area contributed by atoms with Gasteiger partial charge in [-0.1, -0.05) is 72.5 Å². The van der Waals surface area contributed by atoms with Crippen molar-refractivity contribution in [2.75, 3.05) is 16.4 Å². The maximum atomic E-state index is 13.5. The number of rotatable bonds is 3. The lowest BCUT2D eigenvalue weighted by atomic mass is 10.1. The fourth-order valence-electron chi connectivity index (χ4n) is 4.25. The normalized spacial score (nSPS) is 24.9. The largest absolute Gasteiger partial charge is 0.303 e. The molecule has 0 saturated carbocycles. The van der Waals surface area contributed by atoms with Crippen LogP contribution in [0.1, 0.15) is 17.5 Å². The van der Waals surface area contributed by atoms with Gasteiger partial charge >= 0.3 is 0 Å². The van der Waals surface area contributed by atoms with E-state index in [0.717, 1.165) is 23.0 Å². The molecule has 1 unspecified atom stereocenters. The Bertz CT molecular complexity index is 1250. The zero-order valence-electron chi connectivity index (χ0n) is 16.4. The van der Waals surface area contributed by atoms with Gasteiger partial charge in [0.25, 0.3) is 11.8 Å². The van der Waals surface area contributed by atoms with Crippen LogP contribution in [0.5, 0.6) is 0 Å². The Morgan fingerprint density at radius 2 is 1.71 bits per heavy atom. The van der Waals surface area contributed by atoms with Gasteiger partial charge in [0, 0.05) is 5.56 Å². The van der Waals surface area contributed by atoms with Crippen molar-refractivity contribution in [1.82, 2.24) is 4.90 Å². The Hall–Kier alpha value is -2.49. The predicted octanol–water partition coefficient (Wildman–Crippen LogP) is 2.99. The number of nitrogens with zero attached hydrogens (tertiary/aromatic N) is 2. The van der Waals surface area contributed by atoms with E-state index in [1.54, 1.807) is 4.90 Å². The number of carbonyl (C=O) groups excluding carboxylic acids is 2. The molecule has 0 radical (unpaired) electrons. The summed E-state index contributed by atoms with van der Waals surface area (Å²) in [4.78, 5) is 30.1. The number of benzene rings is 2. The van der Waals surface area contributed by atoms with Crippen LogP contribution in [0, 0.1) is 0 Å². The smallest absolute Gasteiger partial charge is 0.267 e. The highest BCUT2D eigenvalue weighted by molar-refractivity contribution is 8.26. The number of fused-ring (bicyclic) bond motifs is 1. The monoisotopic (exact) mass is 470 g/mol. The highest BCUT2D eigenvalue weighted by atomic mass is 32.2. The molecule has 3 aliphatic rings. The Labute approximate surface area is 189 Å². The number of thiocarbonyl (C=S) groups is 1. The van der Waals surface area contributed by atoms with Gasteiger partial charge in [-0.2, -0.15) is 0 Å². The van der Waals surface area contributed by atoms with Crippen molar-refractivity contribution in [3.05, 3.63) is 70.6 Å². The van der Waals surface area contributed by atoms with E-state index in [-0.39, 0.29) is 28.2 Å². The fourth-order valence-corrected chi connectivity index (χ4v) is 7.42. The van der Waals surface area contributed by atoms with Crippen molar-refractivity contribution >= 4 is 61.2 Å². The third-order valence-electron chi connectivity index (χ3n) is 5.71. The van der Waals surface area contributed by atoms with Gasteiger partial charge in [0.2, 0.25) is 0 Å². The van der Waals surface area contributed by atoms with E-state index in [2.05, 4.69) is 0 Å². The Balaban J connectivity index is 1.54. The highest BCUT2D eigenvalue weighted by Gasteiger charge is 2.46. The molecule has 2 aromatic carbocycles. The quantitative estimate of drug-likeness (QED) is 0.507. The molecule has 2 amide bonds. The van der Waals surface area contributed by atoms with Gasteiger partial charge in [-0.25, -0.2) is 8.42 Å². The van der Waals surface area contributed by atoms with Crippen LogP contribution in [0.4, 0.5) is 5.69 Å². The first-order valence-electron chi connectivity index (χ1n) is 9.81. The van der Waals surface area contributed by atoms with E-state index >= 15 is 0 Å². The molecule has 1 atom stereocenters. The van der Waals surface area contributed by atoms with E-state index < -0.39 is 15.9 Å². The van der Waals surface area contributed by atoms with Crippen LogP contribution < -0.4 is 4.90 Å². The summed E-state index contributed by atoms with van der Waals surface area (Å²) in [5.41, 5.74) is 2.77. The first kappa shape index (κ1) is 20.4. The standard InChI is InChI=1S/C22H18N2O4S3/c25-20-18(19-21(26)24(22(29)30-19)15-10-11-31(27,28)13-15)16-8-4-5-9-17(16)23(20)12-14-6-2-1-3-7-14/h1-9,15H,10-13H2/b19-18-. The van der Waals surface area contributed by atoms with Gasteiger partial charge < -0.3 is 4.90 Å². The molecule has 2 aromatic rings. The van der Waals surface area contributed by atoms with Gasteiger partial charge in [-0.15, -0.1) is 0 Å². The minimum Gasteiger partial charge on any atom is -0.303 e. The molecule has 3 heterocycles. The SMILES string of the molecule is O=C1/C(=C2\SC(=S)N(C3CCS(=O)(=O)C3)C2=O)c2ccccc2N1Cc1ccccc1. The molecule has 0 bridgehead atoms. The summed E-state index contributed by atoms with van der Waals surface area (Å²) in [5, 5.41) is 0. The van der Waals surface area contributed by atoms with E-state index in [0.29, 0.717) is 28.4 Å². The van der Waals surface area contributed by atoms with Crippen molar-refractivity contribution in [1.29, 1.82) is 0 Å². The van der Waals surface area contributed by atoms with E-state index in [1.165, 1.54) is 4.90 Å². The lowest BCUT2D eigenvalue weighted by Gasteiger charge is -2.21. The van der Waals surface area contributed by atoms with E-state index in [4.69, 9.17) is 12.2 Å². The maximum Gasteiger partial charge on any atom is 0.267 e. The molecule has 9 heteroatoms. The molecule has 0 N–H and O–H groups in total. The molecule has 2 fully saturated rings. The molecule has 0 aliphatic carbocycles.